The largest absolute Gasteiger partial charge is 0.433 e. The minimum atomic E-state index is -4.37. The fourth-order valence-electron chi connectivity index (χ4n) is 1.95. The second-order valence-electron chi connectivity index (χ2n) is 4.03. The minimum absolute atomic E-state index is 0.274. The van der Waals surface area contributed by atoms with Gasteiger partial charge in [-0.15, -0.1) is 0 Å². The van der Waals surface area contributed by atoms with Crippen LogP contribution in [0.1, 0.15) is 31.4 Å². The zero-order chi connectivity index (χ0) is 11.6. The van der Waals surface area contributed by atoms with Crippen LogP contribution in [0.5, 0.6) is 0 Å². The molecule has 0 radical (unpaired) electrons. The van der Waals surface area contributed by atoms with Crippen molar-refractivity contribution in [3.63, 3.8) is 0 Å². The van der Waals surface area contributed by atoms with Crippen LogP contribution < -0.4 is 5.32 Å². The summed E-state index contributed by atoms with van der Waals surface area (Å²) in [5, 5.41) is 3.04. The lowest BCUT2D eigenvalue weighted by Crippen LogP contribution is -2.17. The molecule has 1 fully saturated rings. The molecule has 88 valence electrons. The molecule has 0 spiro atoms. The number of pyridine rings is 1. The number of nitrogens with one attached hydrogen (secondary N) is 1. The van der Waals surface area contributed by atoms with Gasteiger partial charge in [0.25, 0.3) is 0 Å². The van der Waals surface area contributed by atoms with Gasteiger partial charge < -0.3 is 5.32 Å². The molecule has 1 aromatic heterocycles. The van der Waals surface area contributed by atoms with Crippen molar-refractivity contribution in [2.75, 3.05) is 5.32 Å². The Labute approximate surface area is 91.9 Å². The lowest BCUT2D eigenvalue weighted by Gasteiger charge is -2.14. The number of anilines is 1. The first-order chi connectivity index (χ1) is 7.55. The second kappa shape index (κ2) is 4.31. The molecule has 1 N–H and O–H groups in total. The first kappa shape index (κ1) is 11.2. The molecular weight excluding hydrogens is 217 g/mol. The maximum atomic E-state index is 12.4. The predicted octanol–water partition coefficient (Wildman–Crippen LogP) is 3.45. The van der Waals surface area contributed by atoms with Crippen LogP contribution in [0.15, 0.2) is 18.2 Å². The summed E-state index contributed by atoms with van der Waals surface area (Å²) in [7, 11) is 0. The number of halogens is 3. The monoisotopic (exact) mass is 230 g/mol. The Balaban J connectivity index is 2.09. The molecule has 0 saturated heterocycles. The zero-order valence-corrected chi connectivity index (χ0v) is 8.72. The SMILES string of the molecule is FC(F)(F)c1cccc(NC2CCCC2)n1. The Morgan fingerprint density at radius 2 is 1.88 bits per heavy atom. The standard InChI is InChI=1S/C11H13F3N2/c12-11(13,14)9-6-3-7-10(16-9)15-8-4-1-2-5-8/h3,6-8H,1-2,4-5H2,(H,15,16). The van der Waals surface area contributed by atoms with Gasteiger partial charge in [-0.1, -0.05) is 18.9 Å². The van der Waals surface area contributed by atoms with Gasteiger partial charge in [-0.3, -0.25) is 0 Å². The van der Waals surface area contributed by atoms with E-state index < -0.39 is 11.9 Å². The Kier molecular flexibility index (Phi) is 3.03. The van der Waals surface area contributed by atoms with Gasteiger partial charge in [0.2, 0.25) is 0 Å². The summed E-state index contributed by atoms with van der Waals surface area (Å²) < 4.78 is 37.2. The highest BCUT2D eigenvalue weighted by Gasteiger charge is 2.32. The molecule has 0 aliphatic heterocycles. The van der Waals surface area contributed by atoms with Crippen molar-refractivity contribution < 1.29 is 13.2 Å². The molecule has 2 rings (SSSR count). The van der Waals surface area contributed by atoms with Crippen molar-refractivity contribution in [3.8, 4) is 0 Å². The summed E-state index contributed by atoms with van der Waals surface area (Å²) in [5.74, 6) is 0.321. The number of hydrogen-bond donors (Lipinski definition) is 1. The van der Waals surface area contributed by atoms with Crippen molar-refractivity contribution in [1.82, 2.24) is 4.98 Å². The van der Waals surface area contributed by atoms with Crippen molar-refractivity contribution in [2.24, 2.45) is 0 Å². The van der Waals surface area contributed by atoms with Crippen LogP contribution in [-0.2, 0) is 6.18 Å². The van der Waals surface area contributed by atoms with E-state index in [9.17, 15) is 13.2 Å². The second-order valence-corrected chi connectivity index (χ2v) is 4.03. The highest BCUT2D eigenvalue weighted by molar-refractivity contribution is 5.37. The first-order valence-electron chi connectivity index (χ1n) is 5.36. The third-order valence-electron chi connectivity index (χ3n) is 2.75. The summed E-state index contributed by atoms with van der Waals surface area (Å²) in [6.45, 7) is 0. The summed E-state index contributed by atoms with van der Waals surface area (Å²) in [4.78, 5) is 3.57. The van der Waals surface area contributed by atoms with E-state index in [1.54, 1.807) is 6.07 Å². The molecule has 2 nitrogen and oxygen atoms in total. The highest BCUT2D eigenvalue weighted by Crippen LogP contribution is 2.29. The van der Waals surface area contributed by atoms with E-state index in [0.29, 0.717) is 5.82 Å². The highest BCUT2D eigenvalue weighted by atomic mass is 19.4. The van der Waals surface area contributed by atoms with Crippen molar-refractivity contribution in [2.45, 2.75) is 37.9 Å². The predicted molar refractivity (Wildman–Crippen MR) is 55.1 cm³/mol. The molecule has 5 heteroatoms. The summed E-state index contributed by atoms with van der Waals surface area (Å²) in [6, 6.07) is 4.22. The summed E-state index contributed by atoms with van der Waals surface area (Å²) >= 11 is 0. The van der Waals surface area contributed by atoms with Crippen LogP contribution in [0.3, 0.4) is 0 Å². The topological polar surface area (TPSA) is 24.9 Å². The minimum Gasteiger partial charge on any atom is -0.367 e. The van der Waals surface area contributed by atoms with E-state index in [0.717, 1.165) is 31.7 Å². The number of nitrogens with zero attached hydrogens (tertiary/aromatic N) is 1. The van der Waals surface area contributed by atoms with Crippen LogP contribution in [0.2, 0.25) is 0 Å². The smallest absolute Gasteiger partial charge is 0.367 e. The number of hydrogen-bond acceptors (Lipinski definition) is 2. The van der Waals surface area contributed by atoms with E-state index in [1.807, 2.05) is 0 Å². The van der Waals surface area contributed by atoms with Crippen LogP contribution in [-0.4, -0.2) is 11.0 Å². The van der Waals surface area contributed by atoms with E-state index >= 15 is 0 Å². The Morgan fingerprint density at radius 1 is 1.19 bits per heavy atom. The van der Waals surface area contributed by atoms with Crippen LogP contribution >= 0.6 is 0 Å². The molecule has 0 aromatic carbocycles. The van der Waals surface area contributed by atoms with Gasteiger partial charge >= 0.3 is 6.18 Å². The zero-order valence-electron chi connectivity index (χ0n) is 8.72. The molecule has 16 heavy (non-hydrogen) atoms. The lowest BCUT2D eigenvalue weighted by molar-refractivity contribution is -0.141. The van der Waals surface area contributed by atoms with Gasteiger partial charge in [-0.2, -0.15) is 13.2 Å². The van der Waals surface area contributed by atoms with Crippen LogP contribution in [0, 0.1) is 0 Å². The van der Waals surface area contributed by atoms with Crippen LogP contribution in [0.25, 0.3) is 0 Å². The maximum absolute atomic E-state index is 12.4. The molecule has 0 atom stereocenters. The number of alkyl halides is 3. The molecule has 0 unspecified atom stereocenters. The fourth-order valence-corrected chi connectivity index (χ4v) is 1.95. The normalized spacial score (nSPS) is 17.7. The van der Waals surface area contributed by atoms with Crippen molar-refractivity contribution in [1.29, 1.82) is 0 Å². The Morgan fingerprint density at radius 3 is 2.50 bits per heavy atom. The van der Waals surface area contributed by atoms with Gasteiger partial charge in [0, 0.05) is 6.04 Å². The Hall–Kier alpha value is -1.26. The third-order valence-corrected chi connectivity index (χ3v) is 2.75. The third kappa shape index (κ3) is 2.65. The molecule has 1 heterocycles. The molecule has 1 aliphatic rings. The van der Waals surface area contributed by atoms with E-state index in [4.69, 9.17) is 0 Å². The maximum Gasteiger partial charge on any atom is 0.433 e. The summed E-state index contributed by atoms with van der Waals surface area (Å²) in [5.41, 5.74) is -0.838. The average Bonchev–Trinajstić information content (AvgIpc) is 2.70. The molecule has 1 saturated carbocycles. The van der Waals surface area contributed by atoms with Crippen molar-refractivity contribution in [3.05, 3.63) is 23.9 Å². The molecule has 0 bridgehead atoms. The number of aromatic nitrogens is 1. The van der Waals surface area contributed by atoms with E-state index in [1.165, 1.54) is 6.07 Å². The van der Waals surface area contributed by atoms with Crippen molar-refractivity contribution >= 4 is 5.82 Å². The van der Waals surface area contributed by atoms with Gasteiger partial charge in [-0.25, -0.2) is 4.98 Å². The van der Waals surface area contributed by atoms with Gasteiger partial charge in [-0.05, 0) is 25.0 Å². The number of rotatable bonds is 2. The van der Waals surface area contributed by atoms with E-state index in [2.05, 4.69) is 10.3 Å². The van der Waals surface area contributed by atoms with Gasteiger partial charge in [0.15, 0.2) is 0 Å². The lowest BCUT2D eigenvalue weighted by atomic mass is 10.2. The fraction of sp³-hybridized carbons (Fsp3) is 0.545. The molecule has 1 aliphatic carbocycles. The molecular formula is C11H13F3N2. The average molecular weight is 230 g/mol. The summed E-state index contributed by atoms with van der Waals surface area (Å²) in [6.07, 6.45) is -0.0729. The van der Waals surface area contributed by atoms with Crippen LogP contribution in [0.4, 0.5) is 19.0 Å². The Bertz CT molecular complexity index is 356. The van der Waals surface area contributed by atoms with Gasteiger partial charge in [0.1, 0.15) is 11.5 Å². The molecule has 0 amide bonds. The molecule has 1 aromatic rings. The first-order valence-corrected chi connectivity index (χ1v) is 5.36. The quantitative estimate of drug-likeness (QED) is 0.841. The van der Waals surface area contributed by atoms with E-state index in [-0.39, 0.29) is 6.04 Å². The van der Waals surface area contributed by atoms with Gasteiger partial charge in [0.05, 0.1) is 0 Å².